The van der Waals surface area contributed by atoms with Crippen molar-refractivity contribution >= 4 is 27.8 Å². The minimum Gasteiger partial charge on any atom is -0.354 e. The van der Waals surface area contributed by atoms with Gasteiger partial charge in [0.05, 0.1) is 5.75 Å². The molecule has 4 rings (SSSR count). The van der Waals surface area contributed by atoms with Crippen molar-refractivity contribution in [2.75, 3.05) is 36.8 Å². The normalized spacial score (nSPS) is 22.6. The summed E-state index contributed by atoms with van der Waals surface area (Å²) >= 11 is 0. The zero-order valence-corrected chi connectivity index (χ0v) is 17.2. The molecule has 3 amide bonds. The van der Waals surface area contributed by atoms with Gasteiger partial charge < -0.3 is 10.2 Å². The van der Waals surface area contributed by atoms with E-state index in [1.54, 1.807) is 18.6 Å². The number of hydrogen-bond donors (Lipinski definition) is 2. The lowest BCUT2D eigenvalue weighted by Crippen LogP contribution is -2.55. The van der Waals surface area contributed by atoms with E-state index in [0.717, 1.165) is 16.9 Å². The molecular formula is C19H22N6O4S. The van der Waals surface area contributed by atoms with Gasteiger partial charge in [-0.15, -0.1) is 0 Å². The van der Waals surface area contributed by atoms with E-state index in [1.807, 2.05) is 29.2 Å². The Balaban J connectivity index is 1.39. The number of aromatic nitrogens is 2. The number of amides is 3. The van der Waals surface area contributed by atoms with E-state index in [4.69, 9.17) is 0 Å². The van der Waals surface area contributed by atoms with Crippen molar-refractivity contribution in [3.8, 4) is 11.1 Å². The summed E-state index contributed by atoms with van der Waals surface area (Å²) in [6, 6.07) is 7.02. The van der Waals surface area contributed by atoms with Crippen LogP contribution in [0.5, 0.6) is 0 Å². The third kappa shape index (κ3) is 3.98. The summed E-state index contributed by atoms with van der Waals surface area (Å²) in [5.41, 5.74) is 0.471. The van der Waals surface area contributed by atoms with Gasteiger partial charge in [0.25, 0.3) is 5.91 Å². The molecule has 0 aromatic carbocycles. The van der Waals surface area contributed by atoms with Crippen molar-refractivity contribution in [2.45, 2.75) is 12.5 Å². The van der Waals surface area contributed by atoms with Crippen LogP contribution in [-0.4, -0.2) is 72.1 Å². The second-order valence-electron chi connectivity index (χ2n) is 7.53. The summed E-state index contributed by atoms with van der Waals surface area (Å²) in [5.74, 6) is -0.336. The van der Waals surface area contributed by atoms with Gasteiger partial charge in [0.2, 0.25) is 10.0 Å². The SMILES string of the molecule is C[C@]1(CS(=O)(=O)N2CCN(c3ccc(-c4cccnc4)cn3)CC2)NC(=O)NC1=O. The average molecular weight is 430 g/mol. The van der Waals surface area contributed by atoms with Gasteiger partial charge in [-0.25, -0.2) is 18.2 Å². The first-order valence-electron chi connectivity index (χ1n) is 9.50. The zero-order chi connectivity index (χ0) is 21.4. The van der Waals surface area contributed by atoms with Gasteiger partial charge in [-0.1, -0.05) is 6.07 Å². The standard InChI is InChI=1S/C19H22N6O4S/c1-19(17(26)22-18(27)23-19)13-30(28,29)25-9-7-24(8-10-25)16-5-4-15(12-21-16)14-3-2-6-20-11-14/h2-6,11-12H,7-10,13H2,1H3,(H2,22,23,26,27)/t19-/m1/s1. The molecule has 0 spiro atoms. The molecule has 2 aromatic heterocycles. The summed E-state index contributed by atoms with van der Waals surface area (Å²) in [6.45, 7) is 2.93. The molecule has 2 saturated heterocycles. The lowest BCUT2D eigenvalue weighted by atomic mass is 10.1. The van der Waals surface area contributed by atoms with Crippen molar-refractivity contribution in [1.29, 1.82) is 0 Å². The van der Waals surface area contributed by atoms with Gasteiger partial charge in [0.1, 0.15) is 11.4 Å². The number of imide groups is 1. The number of urea groups is 1. The fourth-order valence-corrected chi connectivity index (χ4v) is 5.45. The molecule has 2 aliphatic heterocycles. The highest BCUT2D eigenvalue weighted by molar-refractivity contribution is 7.89. The van der Waals surface area contributed by atoms with E-state index >= 15 is 0 Å². The summed E-state index contributed by atoms with van der Waals surface area (Å²) < 4.78 is 27.0. The third-order valence-electron chi connectivity index (χ3n) is 5.29. The van der Waals surface area contributed by atoms with Crippen LogP contribution in [0.15, 0.2) is 42.9 Å². The number of anilines is 1. The Morgan fingerprint density at radius 3 is 2.37 bits per heavy atom. The minimum absolute atomic E-state index is 0.278. The predicted molar refractivity (Wildman–Crippen MR) is 110 cm³/mol. The highest BCUT2D eigenvalue weighted by Gasteiger charge is 2.46. The Labute approximate surface area is 174 Å². The molecule has 2 aromatic rings. The topological polar surface area (TPSA) is 125 Å². The number of hydrogen-bond acceptors (Lipinski definition) is 7. The van der Waals surface area contributed by atoms with Crippen LogP contribution in [0.2, 0.25) is 0 Å². The number of sulfonamides is 1. The fraction of sp³-hybridized carbons (Fsp3) is 0.368. The number of pyridine rings is 2. The maximum Gasteiger partial charge on any atom is 0.322 e. The smallest absolute Gasteiger partial charge is 0.322 e. The molecule has 11 heteroatoms. The monoisotopic (exact) mass is 430 g/mol. The molecule has 158 valence electrons. The molecule has 2 N–H and O–H groups in total. The van der Waals surface area contributed by atoms with Crippen LogP contribution in [-0.2, 0) is 14.8 Å². The van der Waals surface area contributed by atoms with E-state index in [9.17, 15) is 18.0 Å². The number of carbonyl (C=O) groups is 2. The van der Waals surface area contributed by atoms with Crippen LogP contribution < -0.4 is 15.5 Å². The summed E-state index contributed by atoms with van der Waals surface area (Å²) in [5, 5.41) is 4.48. The van der Waals surface area contributed by atoms with Gasteiger partial charge in [-0.2, -0.15) is 4.31 Å². The molecule has 0 aliphatic carbocycles. The summed E-state index contributed by atoms with van der Waals surface area (Å²) in [7, 11) is -3.73. The maximum atomic E-state index is 12.8. The van der Waals surface area contributed by atoms with Crippen molar-refractivity contribution in [2.24, 2.45) is 0 Å². The van der Waals surface area contributed by atoms with E-state index in [1.165, 1.54) is 11.2 Å². The van der Waals surface area contributed by atoms with Crippen molar-refractivity contribution < 1.29 is 18.0 Å². The first-order chi connectivity index (χ1) is 14.3. The molecule has 2 fully saturated rings. The Bertz CT molecular complexity index is 1050. The molecule has 0 bridgehead atoms. The molecule has 0 radical (unpaired) electrons. The molecule has 30 heavy (non-hydrogen) atoms. The van der Waals surface area contributed by atoms with Gasteiger partial charge in [-0.05, 0) is 25.1 Å². The number of rotatable bonds is 5. The highest BCUT2D eigenvalue weighted by atomic mass is 32.2. The van der Waals surface area contributed by atoms with E-state index < -0.39 is 33.3 Å². The number of nitrogens with one attached hydrogen (secondary N) is 2. The molecule has 0 unspecified atom stereocenters. The van der Waals surface area contributed by atoms with Gasteiger partial charge >= 0.3 is 6.03 Å². The van der Waals surface area contributed by atoms with Crippen molar-refractivity contribution in [1.82, 2.24) is 24.9 Å². The molecular weight excluding hydrogens is 408 g/mol. The van der Waals surface area contributed by atoms with Crippen molar-refractivity contribution in [3.63, 3.8) is 0 Å². The van der Waals surface area contributed by atoms with Gasteiger partial charge in [0, 0.05) is 55.9 Å². The second-order valence-corrected chi connectivity index (χ2v) is 9.50. The van der Waals surface area contributed by atoms with Crippen LogP contribution >= 0.6 is 0 Å². The van der Waals surface area contributed by atoms with Crippen LogP contribution in [0.4, 0.5) is 10.6 Å². The van der Waals surface area contributed by atoms with Crippen LogP contribution in [0.25, 0.3) is 11.1 Å². The quantitative estimate of drug-likeness (QED) is 0.649. The zero-order valence-electron chi connectivity index (χ0n) is 16.4. The largest absolute Gasteiger partial charge is 0.354 e. The Morgan fingerprint density at radius 2 is 1.80 bits per heavy atom. The third-order valence-corrected chi connectivity index (χ3v) is 7.38. The molecule has 0 saturated carbocycles. The molecule has 2 aliphatic rings. The summed E-state index contributed by atoms with van der Waals surface area (Å²) in [6.07, 6.45) is 5.26. The molecule has 4 heterocycles. The van der Waals surface area contributed by atoms with Crippen LogP contribution in [0.3, 0.4) is 0 Å². The van der Waals surface area contributed by atoms with E-state index in [0.29, 0.717) is 13.1 Å². The number of carbonyl (C=O) groups excluding carboxylic acids is 2. The lowest BCUT2D eigenvalue weighted by Gasteiger charge is -2.35. The molecule has 10 nitrogen and oxygen atoms in total. The maximum absolute atomic E-state index is 12.8. The molecule has 1 atom stereocenters. The fourth-order valence-electron chi connectivity index (χ4n) is 3.61. The van der Waals surface area contributed by atoms with Gasteiger partial charge in [-0.3, -0.25) is 15.1 Å². The predicted octanol–water partition coefficient (Wildman–Crippen LogP) is 0.194. The van der Waals surface area contributed by atoms with E-state index in [-0.39, 0.29) is 13.1 Å². The Hall–Kier alpha value is -3.05. The van der Waals surface area contributed by atoms with Gasteiger partial charge in [0.15, 0.2) is 0 Å². The number of piperazine rings is 1. The van der Waals surface area contributed by atoms with E-state index in [2.05, 4.69) is 20.6 Å². The highest BCUT2D eigenvalue weighted by Crippen LogP contribution is 2.22. The Morgan fingerprint density at radius 1 is 1.07 bits per heavy atom. The van der Waals surface area contributed by atoms with Crippen LogP contribution in [0.1, 0.15) is 6.92 Å². The second kappa shape index (κ2) is 7.65. The lowest BCUT2D eigenvalue weighted by molar-refractivity contribution is -0.122. The van der Waals surface area contributed by atoms with Crippen molar-refractivity contribution in [3.05, 3.63) is 42.9 Å². The Kier molecular flexibility index (Phi) is 5.16. The minimum atomic E-state index is -3.73. The van der Waals surface area contributed by atoms with Crippen LogP contribution in [0, 0.1) is 0 Å². The average Bonchev–Trinajstić information content (AvgIpc) is 2.99. The number of nitrogens with zero attached hydrogens (tertiary/aromatic N) is 4. The first-order valence-corrected chi connectivity index (χ1v) is 11.1. The first kappa shape index (κ1) is 20.2. The summed E-state index contributed by atoms with van der Waals surface area (Å²) in [4.78, 5) is 33.9.